The summed E-state index contributed by atoms with van der Waals surface area (Å²) >= 11 is 0. The molecule has 0 aliphatic heterocycles. The lowest BCUT2D eigenvalue weighted by Gasteiger charge is -2.11. The van der Waals surface area contributed by atoms with Crippen LogP contribution in [-0.2, 0) is 28.7 Å². The zero-order valence-corrected chi connectivity index (χ0v) is 8.38. The van der Waals surface area contributed by atoms with Gasteiger partial charge in [-0.3, -0.25) is 0 Å². The van der Waals surface area contributed by atoms with Crippen LogP contribution in [0, 0.1) is 0 Å². The zero-order valence-electron chi connectivity index (χ0n) is 8.38. The zero-order chi connectivity index (χ0) is 12.6. The third-order valence-corrected chi connectivity index (χ3v) is 1.37. The van der Waals surface area contributed by atoms with Gasteiger partial charge in [0.25, 0.3) is 0 Å². The first kappa shape index (κ1) is 13.8. The van der Waals surface area contributed by atoms with Crippen LogP contribution in [0.2, 0.25) is 0 Å². The summed E-state index contributed by atoms with van der Waals surface area (Å²) < 4.78 is 8.69. The number of hydrogen-bond donors (Lipinski definition) is 0. The normalized spacial score (nSPS) is 10.8. The van der Waals surface area contributed by atoms with Crippen LogP contribution in [0.5, 0.6) is 0 Å². The molecule has 1 unspecified atom stereocenters. The molecule has 0 amide bonds. The highest BCUT2D eigenvalue weighted by molar-refractivity contribution is 5.95. The molecule has 1 atom stereocenters. The minimum Gasteiger partial charge on any atom is -0.447 e. The SMILES string of the molecule is C=CC(=O)OC(=O)C(CC=O)OC(=O)C=C. The summed E-state index contributed by atoms with van der Waals surface area (Å²) in [5.41, 5.74) is 0. The van der Waals surface area contributed by atoms with Crippen LogP contribution in [0.1, 0.15) is 6.42 Å². The Morgan fingerprint density at radius 1 is 1.12 bits per heavy atom. The number of esters is 3. The fourth-order valence-electron chi connectivity index (χ4n) is 0.675. The molecule has 0 saturated heterocycles. The fraction of sp³-hybridized carbons (Fsp3) is 0.200. The molecule has 6 heteroatoms. The molecule has 0 heterocycles. The van der Waals surface area contributed by atoms with E-state index in [1.807, 2.05) is 0 Å². The van der Waals surface area contributed by atoms with Crippen molar-refractivity contribution in [2.75, 3.05) is 0 Å². The van der Waals surface area contributed by atoms with E-state index in [-0.39, 0.29) is 0 Å². The highest BCUT2D eigenvalue weighted by Gasteiger charge is 2.24. The van der Waals surface area contributed by atoms with Crippen molar-refractivity contribution in [2.45, 2.75) is 12.5 Å². The summed E-state index contributed by atoms with van der Waals surface area (Å²) in [5, 5.41) is 0. The summed E-state index contributed by atoms with van der Waals surface area (Å²) in [6.45, 7) is 6.19. The van der Waals surface area contributed by atoms with E-state index in [0.29, 0.717) is 6.29 Å². The highest BCUT2D eigenvalue weighted by atomic mass is 16.6. The quantitative estimate of drug-likeness (QED) is 0.272. The highest BCUT2D eigenvalue weighted by Crippen LogP contribution is 2.01. The number of ether oxygens (including phenoxy) is 2. The van der Waals surface area contributed by atoms with E-state index in [4.69, 9.17) is 0 Å². The van der Waals surface area contributed by atoms with Crippen molar-refractivity contribution in [3.8, 4) is 0 Å². The lowest BCUT2D eigenvalue weighted by Crippen LogP contribution is -2.30. The third kappa shape index (κ3) is 4.85. The minimum atomic E-state index is -1.45. The van der Waals surface area contributed by atoms with Crippen molar-refractivity contribution in [2.24, 2.45) is 0 Å². The van der Waals surface area contributed by atoms with Crippen molar-refractivity contribution >= 4 is 24.2 Å². The Balaban J connectivity index is 4.50. The number of hydrogen-bond acceptors (Lipinski definition) is 6. The molecule has 0 radical (unpaired) electrons. The Kier molecular flexibility index (Phi) is 6.11. The largest absolute Gasteiger partial charge is 0.447 e. The second-order valence-electron chi connectivity index (χ2n) is 2.48. The Hall–Kier alpha value is -2.24. The van der Waals surface area contributed by atoms with Gasteiger partial charge in [-0.2, -0.15) is 0 Å². The first-order valence-corrected chi connectivity index (χ1v) is 4.20. The van der Waals surface area contributed by atoms with Gasteiger partial charge in [0.2, 0.25) is 6.10 Å². The molecule has 0 aromatic carbocycles. The first-order valence-electron chi connectivity index (χ1n) is 4.20. The predicted octanol–water partition coefficient (Wildman–Crippen LogP) is -0.0710. The second-order valence-corrected chi connectivity index (χ2v) is 2.48. The van der Waals surface area contributed by atoms with Gasteiger partial charge in [-0.05, 0) is 0 Å². The number of aldehydes is 1. The van der Waals surface area contributed by atoms with Gasteiger partial charge in [0.05, 0.1) is 6.42 Å². The van der Waals surface area contributed by atoms with Gasteiger partial charge >= 0.3 is 17.9 Å². The van der Waals surface area contributed by atoms with Crippen molar-refractivity contribution in [1.29, 1.82) is 0 Å². The molecule has 0 aromatic rings. The van der Waals surface area contributed by atoms with Crippen LogP contribution in [0.15, 0.2) is 25.3 Å². The average molecular weight is 226 g/mol. The number of rotatable bonds is 6. The molecular weight excluding hydrogens is 216 g/mol. The Morgan fingerprint density at radius 2 is 1.69 bits per heavy atom. The van der Waals surface area contributed by atoms with Crippen molar-refractivity contribution < 1.29 is 28.7 Å². The van der Waals surface area contributed by atoms with E-state index in [2.05, 4.69) is 22.6 Å². The molecule has 0 fully saturated rings. The molecule has 0 N–H and O–H groups in total. The number of carbonyl (C=O) groups is 4. The summed E-state index contributed by atoms with van der Waals surface area (Å²) in [6.07, 6.45) is 0.0988. The Labute approximate surface area is 91.5 Å². The average Bonchev–Trinajstić information content (AvgIpc) is 2.27. The van der Waals surface area contributed by atoms with Crippen molar-refractivity contribution in [3.05, 3.63) is 25.3 Å². The molecular formula is C10H10O6. The van der Waals surface area contributed by atoms with Gasteiger partial charge in [0.15, 0.2) is 0 Å². The van der Waals surface area contributed by atoms with Crippen molar-refractivity contribution in [1.82, 2.24) is 0 Å². The molecule has 6 nitrogen and oxygen atoms in total. The smallest absolute Gasteiger partial charge is 0.355 e. The molecule has 0 aliphatic rings. The van der Waals surface area contributed by atoms with E-state index in [0.717, 1.165) is 12.2 Å². The molecule has 0 bridgehead atoms. The van der Waals surface area contributed by atoms with E-state index in [1.54, 1.807) is 0 Å². The maximum Gasteiger partial charge on any atom is 0.355 e. The third-order valence-electron chi connectivity index (χ3n) is 1.37. The van der Waals surface area contributed by atoms with Crippen LogP contribution in [0.25, 0.3) is 0 Å². The molecule has 16 heavy (non-hydrogen) atoms. The van der Waals surface area contributed by atoms with Crippen molar-refractivity contribution in [3.63, 3.8) is 0 Å². The Morgan fingerprint density at radius 3 is 2.12 bits per heavy atom. The maximum absolute atomic E-state index is 11.2. The van der Waals surface area contributed by atoms with Crippen LogP contribution in [-0.4, -0.2) is 30.3 Å². The molecule has 0 saturated carbocycles. The number of carbonyl (C=O) groups excluding carboxylic acids is 4. The van der Waals surface area contributed by atoms with E-state index in [9.17, 15) is 19.2 Å². The molecule has 0 spiro atoms. The van der Waals surface area contributed by atoms with Gasteiger partial charge < -0.3 is 14.3 Å². The van der Waals surface area contributed by atoms with Gasteiger partial charge in [-0.15, -0.1) is 0 Å². The van der Waals surface area contributed by atoms with Gasteiger partial charge in [-0.1, -0.05) is 13.2 Å². The van der Waals surface area contributed by atoms with Gasteiger partial charge in [-0.25, -0.2) is 14.4 Å². The summed E-state index contributed by atoms with van der Waals surface area (Å²) in [5.74, 6) is -3.02. The van der Waals surface area contributed by atoms with E-state index < -0.39 is 30.4 Å². The first-order chi connectivity index (χ1) is 7.54. The molecule has 0 aliphatic carbocycles. The van der Waals surface area contributed by atoms with Crippen LogP contribution >= 0.6 is 0 Å². The van der Waals surface area contributed by atoms with Crippen LogP contribution < -0.4 is 0 Å². The standard InChI is InChI=1S/C10H10O6/c1-3-8(12)15-7(5-6-11)10(14)16-9(13)4-2/h3-4,6-7H,1-2,5H2. The topological polar surface area (TPSA) is 86.7 Å². The molecule has 0 rings (SSSR count). The predicted molar refractivity (Wildman–Crippen MR) is 52.1 cm³/mol. The minimum absolute atomic E-state index is 0.362. The monoisotopic (exact) mass is 226 g/mol. The lowest BCUT2D eigenvalue weighted by molar-refractivity contribution is -0.170. The fourth-order valence-corrected chi connectivity index (χ4v) is 0.675. The molecule has 86 valence electrons. The summed E-state index contributed by atoms with van der Waals surface area (Å²) in [4.78, 5) is 42.9. The second kappa shape index (κ2) is 7.10. The Bertz CT molecular complexity index is 330. The maximum atomic E-state index is 11.2. The summed E-state index contributed by atoms with van der Waals surface area (Å²) in [6, 6.07) is 0. The van der Waals surface area contributed by atoms with E-state index in [1.165, 1.54) is 0 Å². The van der Waals surface area contributed by atoms with E-state index >= 15 is 0 Å². The van der Waals surface area contributed by atoms with Gasteiger partial charge in [0, 0.05) is 12.2 Å². The van der Waals surface area contributed by atoms with Gasteiger partial charge in [0.1, 0.15) is 6.29 Å². The molecule has 0 aromatic heterocycles. The van der Waals surface area contributed by atoms with Crippen LogP contribution in [0.3, 0.4) is 0 Å². The lowest BCUT2D eigenvalue weighted by atomic mass is 10.3. The summed E-state index contributed by atoms with van der Waals surface area (Å²) in [7, 11) is 0. The van der Waals surface area contributed by atoms with Crippen LogP contribution in [0.4, 0.5) is 0 Å².